The molecular formula is C16H19NO2S2. The lowest BCUT2D eigenvalue weighted by atomic mass is 9.97. The van der Waals surface area contributed by atoms with Gasteiger partial charge in [0.25, 0.3) is 0 Å². The molecule has 2 heterocycles. The zero-order valence-electron chi connectivity index (χ0n) is 12.0. The summed E-state index contributed by atoms with van der Waals surface area (Å²) in [4.78, 5) is 1.78. The zero-order chi connectivity index (χ0) is 14.9. The van der Waals surface area contributed by atoms with Crippen molar-refractivity contribution in [3.8, 4) is 0 Å². The molecule has 0 radical (unpaired) electrons. The molecule has 0 amide bonds. The lowest BCUT2D eigenvalue weighted by Crippen LogP contribution is -2.37. The molecule has 0 spiro atoms. The van der Waals surface area contributed by atoms with E-state index < -0.39 is 10.0 Å². The van der Waals surface area contributed by atoms with Crippen molar-refractivity contribution in [3.63, 3.8) is 0 Å². The molecule has 5 heteroatoms. The zero-order valence-corrected chi connectivity index (χ0v) is 13.7. The normalized spacial score (nSPS) is 18.0. The van der Waals surface area contributed by atoms with Crippen molar-refractivity contribution in [2.45, 2.75) is 30.6 Å². The number of thiophene rings is 1. The van der Waals surface area contributed by atoms with Gasteiger partial charge in [-0.1, -0.05) is 23.8 Å². The van der Waals surface area contributed by atoms with Crippen molar-refractivity contribution in [1.82, 2.24) is 4.31 Å². The number of benzene rings is 1. The molecule has 0 aliphatic carbocycles. The number of hydrogen-bond acceptors (Lipinski definition) is 3. The molecule has 1 saturated heterocycles. The second kappa shape index (κ2) is 5.91. The Labute approximate surface area is 130 Å². The number of aryl methyl sites for hydroxylation is 1. The van der Waals surface area contributed by atoms with Crippen molar-refractivity contribution >= 4 is 21.4 Å². The van der Waals surface area contributed by atoms with Crippen LogP contribution in [0.4, 0.5) is 0 Å². The first-order chi connectivity index (χ1) is 10.1. The Morgan fingerprint density at radius 3 is 2.33 bits per heavy atom. The fourth-order valence-corrected chi connectivity index (χ4v) is 5.13. The van der Waals surface area contributed by atoms with Crippen LogP contribution in [0.25, 0.3) is 0 Å². The molecule has 1 aromatic heterocycles. The maximum absolute atomic E-state index is 12.6. The van der Waals surface area contributed by atoms with Gasteiger partial charge in [-0.3, -0.25) is 0 Å². The van der Waals surface area contributed by atoms with Crippen molar-refractivity contribution < 1.29 is 8.42 Å². The lowest BCUT2D eigenvalue weighted by molar-refractivity contribution is 0.321. The monoisotopic (exact) mass is 321 g/mol. The highest BCUT2D eigenvalue weighted by molar-refractivity contribution is 7.89. The maximum atomic E-state index is 12.6. The quantitative estimate of drug-likeness (QED) is 0.866. The van der Waals surface area contributed by atoms with Crippen LogP contribution in [-0.2, 0) is 10.0 Å². The topological polar surface area (TPSA) is 37.4 Å². The molecule has 0 saturated carbocycles. The molecule has 0 N–H and O–H groups in total. The standard InChI is InChI=1S/C16H19NO2S2/c1-13-4-6-15(7-5-13)21(18,19)17-10-8-14(9-11-17)16-3-2-12-20-16/h2-7,12,14H,8-11H2,1H3. The number of nitrogens with zero attached hydrogens (tertiary/aromatic N) is 1. The van der Waals surface area contributed by atoms with Gasteiger partial charge in [0.2, 0.25) is 10.0 Å². The Balaban J connectivity index is 1.72. The fourth-order valence-electron chi connectivity index (χ4n) is 2.76. The van der Waals surface area contributed by atoms with Gasteiger partial charge in [0.1, 0.15) is 0 Å². The van der Waals surface area contributed by atoms with Crippen LogP contribution in [0.2, 0.25) is 0 Å². The summed E-state index contributed by atoms with van der Waals surface area (Å²) in [6.45, 7) is 3.18. The second-order valence-corrected chi connectivity index (χ2v) is 8.42. The average molecular weight is 321 g/mol. The van der Waals surface area contributed by atoms with Crippen LogP contribution >= 0.6 is 11.3 Å². The molecule has 112 valence electrons. The number of piperidine rings is 1. The second-order valence-electron chi connectivity index (χ2n) is 5.51. The van der Waals surface area contributed by atoms with Crippen molar-refractivity contribution in [3.05, 3.63) is 52.2 Å². The smallest absolute Gasteiger partial charge is 0.207 e. The summed E-state index contributed by atoms with van der Waals surface area (Å²) in [6.07, 6.45) is 1.82. The van der Waals surface area contributed by atoms with E-state index in [1.165, 1.54) is 4.88 Å². The molecule has 1 aliphatic heterocycles. The molecule has 3 rings (SSSR count). The molecular weight excluding hydrogens is 302 g/mol. The van der Waals surface area contributed by atoms with E-state index in [9.17, 15) is 8.42 Å². The summed E-state index contributed by atoms with van der Waals surface area (Å²) in [5, 5.41) is 2.09. The summed E-state index contributed by atoms with van der Waals surface area (Å²) in [5.41, 5.74) is 1.07. The van der Waals surface area contributed by atoms with Gasteiger partial charge in [-0.15, -0.1) is 11.3 Å². The maximum Gasteiger partial charge on any atom is 0.243 e. The van der Waals surface area contributed by atoms with Gasteiger partial charge in [-0.2, -0.15) is 4.31 Å². The summed E-state index contributed by atoms with van der Waals surface area (Å²) in [7, 11) is -3.33. The highest BCUT2D eigenvalue weighted by Gasteiger charge is 2.30. The highest BCUT2D eigenvalue weighted by atomic mass is 32.2. The van der Waals surface area contributed by atoms with Gasteiger partial charge in [0.05, 0.1) is 4.90 Å². The number of rotatable bonds is 3. The first kappa shape index (κ1) is 14.8. The summed E-state index contributed by atoms with van der Waals surface area (Å²) in [6, 6.07) is 11.3. The molecule has 0 atom stereocenters. The minimum absolute atomic E-state index is 0.405. The van der Waals surface area contributed by atoms with E-state index in [4.69, 9.17) is 0 Å². The molecule has 2 aromatic rings. The largest absolute Gasteiger partial charge is 0.243 e. The summed E-state index contributed by atoms with van der Waals surface area (Å²) < 4.78 is 26.9. The SMILES string of the molecule is Cc1ccc(S(=O)(=O)N2CCC(c3cccs3)CC2)cc1. The third-order valence-corrected chi connectivity index (χ3v) is 7.01. The Hall–Kier alpha value is -1.17. The van der Waals surface area contributed by atoms with Crippen molar-refractivity contribution in [2.75, 3.05) is 13.1 Å². The van der Waals surface area contributed by atoms with Crippen LogP contribution < -0.4 is 0 Å². The van der Waals surface area contributed by atoms with Crippen LogP contribution in [0.15, 0.2) is 46.7 Å². The lowest BCUT2D eigenvalue weighted by Gasteiger charge is -2.30. The Morgan fingerprint density at radius 2 is 1.76 bits per heavy atom. The third kappa shape index (κ3) is 3.05. The molecule has 1 fully saturated rings. The van der Waals surface area contributed by atoms with E-state index >= 15 is 0 Å². The Bertz CT molecular complexity index is 682. The van der Waals surface area contributed by atoms with E-state index in [-0.39, 0.29) is 0 Å². The van der Waals surface area contributed by atoms with Gasteiger partial charge >= 0.3 is 0 Å². The van der Waals surface area contributed by atoms with E-state index in [2.05, 4.69) is 17.5 Å². The van der Waals surface area contributed by atoms with E-state index in [0.717, 1.165) is 18.4 Å². The van der Waals surface area contributed by atoms with Crippen LogP contribution in [0.1, 0.15) is 29.2 Å². The Morgan fingerprint density at radius 1 is 1.10 bits per heavy atom. The third-order valence-electron chi connectivity index (χ3n) is 4.06. The first-order valence-corrected chi connectivity index (χ1v) is 9.49. The van der Waals surface area contributed by atoms with Crippen LogP contribution in [-0.4, -0.2) is 25.8 Å². The van der Waals surface area contributed by atoms with E-state index in [1.807, 2.05) is 19.1 Å². The van der Waals surface area contributed by atoms with Crippen LogP contribution in [0, 0.1) is 6.92 Å². The summed E-state index contributed by atoms with van der Waals surface area (Å²) in [5.74, 6) is 0.509. The molecule has 1 aliphatic rings. The molecule has 0 unspecified atom stereocenters. The van der Waals surface area contributed by atoms with Crippen molar-refractivity contribution in [1.29, 1.82) is 0 Å². The van der Waals surface area contributed by atoms with Gasteiger partial charge in [0.15, 0.2) is 0 Å². The predicted molar refractivity (Wildman–Crippen MR) is 86.2 cm³/mol. The number of hydrogen-bond donors (Lipinski definition) is 0. The van der Waals surface area contributed by atoms with Gasteiger partial charge in [-0.25, -0.2) is 8.42 Å². The molecule has 0 bridgehead atoms. The van der Waals surface area contributed by atoms with E-state index in [1.54, 1.807) is 27.8 Å². The first-order valence-electron chi connectivity index (χ1n) is 7.17. The van der Waals surface area contributed by atoms with E-state index in [0.29, 0.717) is 23.9 Å². The average Bonchev–Trinajstić information content (AvgIpc) is 3.02. The fraction of sp³-hybridized carbons (Fsp3) is 0.375. The van der Waals surface area contributed by atoms with Gasteiger partial charge < -0.3 is 0 Å². The van der Waals surface area contributed by atoms with Crippen LogP contribution in [0.3, 0.4) is 0 Å². The van der Waals surface area contributed by atoms with Crippen molar-refractivity contribution in [2.24, 2.45) is 0 Å². The summed E-state index contributed by atoms with van der Waals surface area (Å²) >= 11 is 1.77. The number of sulfonamides is 1. The van der Waals surface area contributed by atoms with Gasteiger partial charge in [0, 0.05) is 18.0 Å². The highest BCUT2D eigenvalue weighted by Crippen LogP contribution is 2.32. The predicted octanol–water partition coefficient (Wildman–Crippen LogP) is 3.62. The molecule has 1 aromatic carbocycles. The Kier molecular flexibility index (Phi) is 4.15. The van der Waals surface area contributed by atoms with Crippen LogP contribution in [0.5, 0.6) is 0 Å². The van der Waals surface area contributed by atoms with Gasteiger partial charge in [-0.05, 0) is 49.3 Å². The molecule has 21 heavy (non-hydrogen) atoms. The minimum atomic E-state index is -3.33. The minimum Gasteiger partial charge on any atom is -0.207 e. The molecule has 3 nitrogen and oxygen atoms in total.